The maximum Gasteiger partial charge on any atom is 0.124 e. The molecule has 0 aromatic heterocycles. The summed E-state index contributed by atoms with van der Waals surface area (Å²) in [6.07, 6.45) is -0.812. The van der Waals surface area contributed by atoms with Gasteiger partial charge in [-0.2, -0.15) is 0 Å². The fourth-order valence-electron chi connectivity index (χ4n) is 2.14. The minimum atomic E-state index is -0.812. The predicted molar refractivity (Wildman–Crippen MR) is 72.8 cm³/mol. The molecule has 0 aliphatic carbocycles. The topological polar surface area (TPSA) is 29.5 Å². The molecule has 0 fully saturated rings. The third-order valence-corrected chi connectivity index (χ3v) is 3.31. The van der Waals surface area contributed by atoms with Gasteiger partial charge in [-0.25, -0.2) is 4.39 Å². The van der Waals surface area contributed by atoms with E-state index < -0.39 is 6.10 Å². The van der Waals surface area contributed by atoms with Crippen LogP contribution in [-0.2, 0) is 0 Å². The van der Waals surface area contributed by atoms with Crippen molar-refractivity contribution in [3.8, 4) is 5.75 Å². The van der Waals surface area contributed by atoms with Crippen molar-refractivity contribution >= 4 is 0 Å². The molecule has 0 radical (unpaired) electrons. The number of rotatable bonds is 4. The summed E-state index contributed by atoms with van der Waals surface area (Å²) in [6.45, 7) is 1.91. The summed E-state index contributed by atoms with van der Waals surface area (Å²) in [7, 11) is 1.51. The van der Waals surface area contributed by atoms with Crippen LogP contribution >= 0.6 is 0 Å². The summed E-state index contributed by atoms with van der Waals surface area (Å²) in [5.41, 5.74) is 1.47. The van der Waals surface area contributed by atoms with Crippen LogP contribution in [0.3, 0.4) is 0 Å². The van der Waals surface area contributed by atoms with E-state index in [1.54, 1.807) is 0 Å². The Bertz CT molecular complexity index is 540. The molecule has 3 heteroatoms. The first-order valence-electron chi connectivity index (χ1n) is 6.20. The zero-order chi connectivity index (χ0) is 13.8. The van der Waals surface area contributed by atoms with E-state index in [9.17, 15) is 9.50 Å². The Kier molecular flexibility index (Phi) is 4.17. The monoisotopic (exact) mass is 260 g/mol. The van der Waals surface area contributed by atoms with E-state index >= 15 is 0 Å². The average molecular weight is 260 g/mol. The summed E-state index contributed by atoms with van der Waals surface area (Å²) in [4.78, 5) is 0. The maximum absolute atomic E-state index is 13.3. The number of aliphatic hydroxyl groups excluding tert-OH is 1. The lowest BCUT2D eigenvalue weighted by atomic mass is 9.90. The van der Waals surface area contributed by atoms with Gasteiger partial charge in [-0.1, -0.05) is 37.3 Å². The van der Waals surface area contributed by atoms with Gasteiger partial charge in [0.05, 0.1) is 13.2 Å². The second-order valence-electron chi connectivity index (χ2n) is 4.53. The highest BCUT2D eigenvalue weighted by Gasteiger charge is 2.21. The van der Waals surface area contributed by atoms with Gasteiger partial charge in [-0.05, 0) is 23.8 Å². The van der Waals surface area contributed by atoms with E-state index in [0.29, 0.717) is 11.3 Å². The zero-order valence-corrected chi connectivity index (χ0v) is 11.0. The highest BCUT2D eigenvalue weighted by molar-refractivity contribution is 5.38. The maximum atomic E-state index is 13.3. The van der Waals surface area contributed by atoms with Crippen molar-refractivity contribution < 1.29 is 14.2 Å². The molecule has 0 amide bonds. The molecular weight excluding hydrogens is 243 g/mol. The molecular formula is C16H17FO2. The second kappa shape index (κ2) is 5.85. The first-order chi connectivity index (χ1) is 9.13. The molecule has 0 aliphatic heterocycles. The lowest BCUT2D eigenvalue weighted by Crippen LogP contribution is -2.09. The summed E-state index contributed by atoms with van der Waals surface area (Å²) in [5, 5.41) is 10.4. The summed E-state index contributed by atoms with van der Waals surface area (Å²) in [5.74, 6) is -0.0244. The molecule has 0 aliphatic rings. The number of hydrogen-bond acceptors (Lipinski definition) is 2. The Morgan fingerprint density at radius 3 is 2.42 bits per heavy atom. The number of ether oxygens (including phenoxy) is 1. The summed E-state index contributed by atoms with van der Waals surface area (Å²) in [6, 6.07) is 13.8. The summed E-state index contributed by atoms with van der Waals surface area (Å²) < 4.78 is 18.5. The number of methoxy groups -OCH3 is 1. The predicted octanol–water partition coefficient (Wildman–Crippen LogP) is 3.67. The van der Waals surface area contributed by atoms with E-state index in [0.717, 1.165) is 5.56 Å². The number of hydrogen-bond donors (Lipinski definition) is 1. The van der Waals surface area contributed by atoms with E-state index in [-0.39, 0.29) is 11.7 Å². The van der Waals surface area contributed by atoms with Gasteiger partial charge in [0.25, 0.3) is 0 Å². The largest absolute Gasteiger partial charge is 0.496 e. The smallest absolute Gasteiger partial charge is 0.124 e. The van der Waals surface area contributed by atoms with Crippen LogP contribution in [0.15, 0.2) is 48.5 Å². The molecule has 2 unspecified atom stereocenters. The van der Waals surface area contributed by atoms with Crippen LogP contribution in [0.1, 0.15) is 30.1 Å². The molecule has 0 bridgehead atoms. The van der Waals surface area contributed by atoms with Crippen LogP contribution in [-0.4, -0.2) is 12.2 Å². The van der Waals surface area contributed by atoms with Crippen LogP contribution in [0.2, 0.25) is 0 Å². The van der Waals surface area contributed by atoms with Crippen molar-refractivity contribution in [3.05, 3.63) is 65.5 Å². The Morgan fingerprint density at radius 2 is 1.79 bits per heavy atom. The van der Waals surface area contributed by atoms with E-state index in [1.165, 1.54) is 25.3 Å². The first kappa shape index (κ1) is 13.6. The van der Waals surface area contributed by atoms with Crippen LogP contribution < -0.4 is 4.74 Å². The standard InChI is InChI=1S/C16H17FO2/c1-11(12-6-4-3-5-7-12)16(18)14-10-13(17)8-9-15(14)19-2/h3-11,16,18H,1-2H3. The highest BCUT2D eigenvalue weighted by atomic mass is 19.1. The fraction of sp³-hybridized carbons (Fsp3) is 0.250. The van der Waals surface area contributed by atoms with Gasteiger partial charge in [0.15, 0.2) is 0 Å². The highest BCUT2D eigenvalue weighted by Crippen LogP contribution is 2.35. The average Bonchev–Trinajstić information content (AvgIpc) is 2.46. The van der Waals surface area contributed by atoms with Crippen molar-refractivity contribution in [3.63, 3.8) is 0 Å². The molecule has 0 heterocycles. The molecule has 2 nitrogen and oxygen atoms in total. The van der Waals surface area contributed by atoms with Crippen molar-refractivity contribution in [2.45, 2.75) is 18.9 Å². The Labute approximate surface area is 112 Å². The molecule has 2 aromatic rings. The first-order valence-corrected chi connectivity index (χ1v) is 6.20. The van der Waals surface area contributed by atoms with Gasteiger partial charge in [-0.15, -0.1) is 0 Å². The Balaban J connectivity index is 2.33. The number of halogens is 1. The van der Waals surface area contributed by atoms with Gasteiger partial charge < -0.3 is 9.84 Å². The van der Waals surface area contributed by atoms with Crippen molar-refractivity contribution in [1.29, 1.82) is 0 Å². The van der Waals surface area contributed by atoms with Crippen LogP contribution in [0.5, 0.6) is 5.75 Å². The molecule has 19 heavy (non-hydrogen) atoms. The normalized spacial score (nSPS) is 13.9. The molecule has 0 spiro atoms. The van der Waals surface area contributed by atoms with Crippen molar-refractivity contribution in [1.82, 2.24) is 0 Å². The SMILES string of the molecule is COc1ccc(F)cc1C(O)C(C)c1ccccc1. The van der Waals surface area contributed by atoms with E-state index in [2.05, 4.69) is 0 Å². The number of benzene rings is 2. The van der Waals surface area contributed by atoms with Gasteiger partial charge in [0, 0.05) is 11.5 Å². The molecule has 2 atom stereocenters. The van der Waals surface area contributed by atoms with Crippen LogP contribution in [0.25, 0.3) is 0 Å². The summed E-state index contributed by atoms with van der Waals surface area (Å²) >= 11 is 0. The minimum absolute atomic E-state index is 0.142. The molecule has 0 saturated carbocycles. The van der Waals surface area contributed by atoms with Gasteiger partial charge in [-0.3, -0.25) is 0 Å². The minimum Gasteiger partial charge on any atom is -0.496 e. The van der Waals surface area contributed by atoms with Gasteiger partial charge in [0.1, 0.15) is 11.6 Å². The van der Waals surface area contributed by atoms with Crippen molar-refractivity contribution in [2.24, 2.45) is 0 Å². The molecule has 1 N–H and O–H groups in total. The lowest BCUT2D eigenvalue weighted by Gasteiger charge is -2.21. The molecule has 100 valence electrons. The second-order valence-corrected chi connectivity index (χ2v) is 4.53. The zero-order valence-electron chi connectivity index (χ0n) is 11.0. The molecule has 0 saturated heterocycles. The van der Waals surface area contributed by atoms with Gasteiger partial charge >= 0.3 is 0 Å². The van der Waals surface area contributed by atoms with Crippen LogP contribution in [0, 0.1) is 5.82 Å². The molecule has 2 rings (SSSR count). The number of aliphatic hydroxyl groups is 1. The third-order valence-electron chi connectivity index (χ3n) is 3.31. The quantitative estimate of drug-likeness (QED) is 0.908. The Morgan fingerprint density at radius 1 is 1.11 bits per heavy atom. The fourth-order valence-corrected chi connectivity index (χ4v) is 2.14. The van der Waals surface area contributed by atoms with Crippen LogP contribution in [0.4, 0.5) is 4.39 Å². The third kappa shape index (κ3) is 2.93. The van der Waals surface area contributed by atoms with E-state index in [1.807, 2.05) is 37.3 Å². The molecule has 2 aromatic carbocycles. The lowest BCUT2D eigenvalue weighted by molar-refractivity contribution is 0.147. The van der Waals surface area contributed by atoms with Gasteiger partial charge in [0.2, 0.25) is 0 Å². The van der Waals surface area contributed by atoms with Crippen molar-refractivity contribution in [2.75, 3.05) is 7.11 Å². The van der Waals surface area contributed by atoms with E-state index in [4.69, 9.17) is 4.74 Å². The Hall–Kier alpha value is -1.87.